The molecule has 0 bridgehead atoms. The second-order valence-corrected chi connectivity index (χ2v) is 6.75. The standard InChI is InChI=1S/C18H19N3O4S/c1-10-11(2)26-18-16(10)17(19-9-20-18)25-8-15(22)21-13-7-12(23-3)5-6-14(13)24-4/h5-7,9H,8H2,1-4H3,(H,21,22). The van der Waals surface area contributed by atoms with Crippen molar-refractivity contribution in [1.29, 1.82) is 0 Å². The Bertz CT molecular complexity index is 955. The van der Waals surface area contributed by atoms with Gasteiger partial charge in [-0.05, 0) is 31.5 Å². The van der Waals surface area contributed by atoms with Crippen LogP contribution in [-0.2, 0) is 4.79 Å². The minimum atomic E-state index is -0.326. The summed E-state index contributed by atoms with van der Waals surface area (Å²) in [7, 11) is 3.09. The lowest BCUT2D eigenvalue weighted by Gasteiger charge is -2.12. The molecular weight excluding hydrogens is 354 g/mol. The molecule has 2 aromatic heterocycles. The number of methoxy groups -OCH3 is 2. The van der Waals surface area contributed by atoms with Crippen LogP contribution in [-0.4, -0.2) is 36.7 Å². The number of hydrogen-bond acceptors (Lipinski definition) is 7. The van der Waals surface area contributed by atoms with Crippen molar-refractivity contribution < 1.29 is 19.0 Å². The fraction of sp³-hybridized carbons (Fsp3) is 0.278. The van der Waals surface area contributed by atoms with Crippen LogP contribution in [0.25, 0.3) is 10.2 Å². The summed E-state index contributed by atoms with van der Waals surface area (Å²) in [5.74, 6) is 1.23. The fourth-order valence-corrected chi connectivity index (χ4v) is 3.48. The van der Waals surface area contributed by atoms with Crippen molar-refractivity contribution in [1.82, 2.24) is 9.97 Å². The monoisotopic (exact) mass is 373 g/mol. The predicted octanol–water partition coefficient (Wildman–Crippen LogP) is 3.34. The highest BCUT2D eigenvalue weighted by molar-refractivity contribution is 7.18. The molecule has 0 aliphatic rings. The number of aryl methyl sites for hydroxylation is 2. The Morgan fingerprint density at radius 2 is 2.00 bits per heavy atom. The summed E-state index contributed by atoms with van der Waals surface area (Å²) in [5, 5.41) is 3.61. The van der Waals surface area contributed by atoms with Gasteiger partial charge in [0.25, 0.3) is 5.91 Å². The highest BCUT2D eigenvalue weighted by Crippen LogP contribution is 2.33. The van der Waals surface area contributed by atoms with E-state index in [4.69, 9.17) is 14.2 Å². The topological polar surface area (TPSA) is 82.6 Å². The van der Waals surface area contributed by atoms with E-state index >= 15 is 0 Å². The lowest BCUT2D eigenvalue weighted by atomic mass is 10.2. The van der Waals surface area contributed by atoms with Crippen LogP contribution in [0.5, 0.6) is 17.4 Å². The molecular formula is C18H19N3O4S. The molecule has 1 aromatic carbocycles. The molecule has 1 N–H and O–H groups in total. The Hall–Kier alpha value is -2.87. The molecule has 0 aliphatic heterocycles. The first-order valence-electron chi connectivity index (χ1n) is 7.89. The van der Waals surface area contributed by atoms with Crippen molar-refractivity contribution in [3.63, 3.8) is 0 Å². The molecule has 136 valence electrons. The highest BCUT2D eigenvalue weighted by atomic mass is 32.1. The number of hydrogen-bond donors (Lipinski definition) is 1. The predicted molar refractivity (Wildman–Crippen MR) is 101 cm³/mol. The number of nitrogens with one attached hydrogen (secondary N) is 1. The molecule has 0 fully saturated rings. The van der Waals surface area contributed by atoms with Gasteiger partial charge in [0.15, 0.2) is 6.61 Å². The van der Waals surface area contributed by atoms with E-state index < -0.39 is 0 Å². The van der Waals surface area contributed by atoms with Gasteiger partial charge in [-0.15, -0.1) is 11.3 Å². The molecule has 2 heterocycles. The number of anilines is 1. The van der Waals surface area contributed by atoms with E-state index in [0.717, 1.165) is 20.7 Å². The average Bonchev–Trinajstić information content (AvgIpc) is 2.94. The van der Waals surface area contributed by atoms with E-state index in [1.807, 2.05) is 13.8 Å². The van der Waals surface area contributed by atoms with E-state index in [-0.39, 0.29) is 12.5 Å². The molecule has 0 saturated heterocycles. The van der Waals surface area contributed by atoms with Crippen LogP contribution in [0.4, 0.5) is 5.69 Å². The normalized spacial score (nSPS) is 10.6. The molecule has 0 unspecified atom stereocenters. The first-order valence-corrected chi connectivity index (χ1v) is 8.70. The number of ether oxygens (including phenoxy) is 3. The number of benzene rings is 1. The Balaban J connectivity index is 1.74. The quantitative estimate of drug-likeness (QED) is 0.714. The number of thiophene rings is 1. The van der Waals surface area contributed by atoms with E-state index in [0.29, 0.717) is 23.1 Å². The van der Waals surface area contributed by atoms with Crippen LogP contribution in [0.2, 0.25) is 0 Å². The molecule has 0 radical (unpaired) electrons. The van der Waals surface area contributed by atoms with Gasteiger partial charge in [0.2, 0.25) is 5.88 Å². The Morgan fingerprint density at radius 3 is 2.73 bits per heavy atom. The van der Waals surface area contributed by atoms with Crippen molar-refractivity contribution in [2.45, 2.75) is 13.8 Å². The molecule has 0 saturated carbocycles. The maximum absolute atomic E-state index is 12.3. The second-order valence-electron chi connectivity index (χ2n) is 5.55. The number of rotatable bonds is 6. The third-order valence-corrected chi connectivity index (χ3v) is 5.07. The van der Waals surface area contributed by atoms with Gasteiger partial charge in [-0.1, -0.05) is 0 Å². The maximum atomic E-state index is 12.3. The minimum Gasteiger partial charge on any atom is -0.497 e. The van der Waals surface area contributed by atoms with Gasteiger partial charge in [0, 0.05) is 10.9 Å². The summed E-state index contributed by atoms with van der Waals surface area (Å²) in [4.78, 5) is 22.7. The summed E-state index contributed by atoms with van der Waals surface area (Å²) in [6.07, 6.45) is 1.44. The van der Waals surface area contributed by atoms with Crippen molar-refractivity contribution in [3.05, 3.63) is 35.0 Å². The van der Waals surface area contributed by atoms with Gasteiger partial charge in [0.05, 0.1) is 25.3 Å². The number of nitrogens with zero attached hydrogens (tertiary/aromatic N) is 2. The minimum absolute atomic E-state index is 0.180. The summed E-state index contributed by atoms with van der Waals surface area (Å²) in [5.41, 5.74) is 1.58. The fourth-order valence-electron chi connectivity index (χ4n) is 2.49. The van der Waals surface area contributed by atoms with Crippen molar-refractivity contribution in [2.75, 3.05) is 26.1 Å². The van der Waals surface area contributed by atoms with Crippen LogP contribution in [0.15, 0.2) is 24.5 Å². The third kappa shape index (κ3) is 3.55. The van der Waals surface area contributed by atoms with Crippen LogP contribution in [0.3, 0.4) is 0 Å². The molecule has 7 nitrogen and oxygen atoms in total. The third-order valence-electron chi connectivity index (χ3n) is 3.95. The summed E-state index contributed by atoms with van der Waals surface area (Å²) in [6, 6.07) is 5.16. The zero-order chi connectivity index (χ0) is 18.7. The molecule has 3 rings (SSSR count). The van der Waals surface area contributed by atoms with E-state index in [1.165, 1.54) is 13.4 Å². The summed E-state index contributed by atoms with van der Waals surface area (Å²) in [6.45, 7) is 3.83. The zero-order valence-corrected chi connectivity index (χ0v) is 15.8. The van der Waals surface area contributed by atoms with Crippen molar-refractivity contribution in [2.24, 2.45) is 0 Å². The molecule has 0 atom stereocenters. The molecule has 1 amide bonds. The van der Waals surface area contributed by atoms with Gasteiger partial charge in [-0.3, -0.25) is 4.79 Å². The first kappa shape index (κ1) is 17.9. The Morgan fingerprint density at radius 1 is 1.19 bits per heavy atom. The zero-order valence-electron chi connectivity index (χ0n) is 15.0. The van der Waals surface area contributed by atoms with Gasteiger partial charge >= 0.3 is 0 Å². The number of aromatic nitrogens is 2. The lowest BCUT2D eigenvalue weighted by molar-refractivity contribution is -0.118. The maximum Gasteiger partial charge on any atom is 0.262 e. The number of carbonyl (C=O) groups excluding carboxylic acids is 1. The molecule has 8 heteroatoms. The van der Waals surface area contributed by atoms with Gasteiger partial charge in [-0.25, -0.2) is 9.97 Å². The Kier molecular flexibility index (Phi) is 5.22. The van der Waals surface area contributed by atoms with Gasteiger partial charge < -0.3 is 19.5 Å². The Labute approximate surface area is 154 Å². The van der Waals surface area contributed by atoms with Crippen molar-refractivity contribution in [3.8, 4) is 17.4 Å². The van der Waals surface area contributed by atoms with Crippen molar-refractivity contribution >= 4 is 33.1 Å². The average molecular weight is 373 g/mol. The van der Waals surface area contributed by atoms with E-state index in [9.17, 15) is 4.79 Å². The van der Waals surface area contributed by atoms with Gasteiger partial charge in [-0.2, -0.15) is 0 Å². The largest absolute Gasteiger partial charge is 0.497 e. The highest BCUT2D eigenvalue weighted by Gasteiger charge is 2.15. The lowest BCUT2D eigenvalue weighted by Crippen LogP contribution is -2.21. The van der Waals surface area contributed by atoms with Crippen LogP contribution in [0.1, 0.15) is 10.4 Å². The van der Waals surface area contributed by atoms with Crippen LogP contribution < -0.4 is 19.5 Å². The number of carbonyl (C=O) groups is 1. The number of fused-ring (bicyclic) bond motifs is 1. The van der Waals surface area contributed by atoms with Gasteiger partial charge in [0.1, 0.15) is 22.7 Å². The summed E-state index contributed by atoms with van der Waals surface area (Å²) < 4.78 is 16.1. The number of amides is 1. The molecule has 0 aliphatic carbocycles. The van der Waals surface area contributed by atoms with Crippen LogP contribution >= 0.6 is 11.3 Å². The van der Waals surface area contributed by atoms with Crippen LogP contribution in [0, 0.1) is 13.8 Å². The SMILES string of the molecule is COc1ccc(OC)c(NC(=O)COc2ncnc3sc(C)c(C)c23)c1. The van der Waals surface area contributed by atoms with E-state index in [1.54, 1.807) is 36.6 Å². The molecule has 26 heavy (non-hydrogen) atoms. The molecule has 3 aromatic rings. The smallest absolute Gasteiger partial charge is 0.262 e. The molecule has 0 spiro atoms. The van der Waals surface area contributed by atoms with E-state index in [2.05, 4.69) is 15.3 Å². The summed E-state index contributed by atoms with van der Waals surface area (Å²) >= 11 is 1.58. The second kappa shape index (κ2) is 7.57. The first-order chi connectivity index (χ1) is 12.5.